The van der Waals surface area contributed by atoms with Gasteiger partial charge in [-0.3, -0.25) is 4.79 Å². The molecule has 1 aliphatic rings. The van der Waals surface area contributed by atoms with Crippen molar-refractivity contribution in [2.24, 2.45) is 0 Å². The number of carbonyl (C=O) groups is 2. The molecule has 6 heteroatoms. The average Bonchev–Trinajstić information content (AvgIpc) is 2.47. The Balaban J connectivity index is 2.26. The molecule has 0 saturated carbocycles. The van der Waals surface area contributed by atoms with Crippen molar-refractivity contribution in [3.63, 3.8) is 0 Å². The van der Waals surface area contributed by atoms with Gasteiger partial charge in [0.2, 0.25) is 12.3 Å². The highest BCUT2D eigenvalue weighted by molar-refractivity contribution is 5.92. The number of nitrogens with one attached hydrogen (secondary N) is 1. The van der Waals surface area contributed by atoms with Crippen LogP contribution in [-0.4, -0.2) is 37.1 Å². The summed E-state index contributed by atoms with van der Waals surface area (Å²) in [5.41, 5.74) is 0.695. The maximum atomic E-state index is 12.4. The van der Waals surface area contributed by atoms with E-state index in [4.69, 9.17) is 14.2 Å². The van der Waals surface area contributed by atoms with Crippen molar-refractivity contribution in [3.8, 4) is 0 Å². The van der Waals surface area contributed by atoms with Crippen LogP contribution in [0.15, 0.2) is 30.3 Å². The maximum Gasteiger partial charge on any atom is 0.336 e. The number of hydrogen-bond donors (Lipinski definition) is 1. The van der Waals surface area contributed by atoms with Crippen LogP contribution in [0.4, 0.5) is 0 Å². The molecule has 0 unspecified atom stereocenters. The van der Waals surface area contributed by atoms with Crippen LogP contribution in [0, 0.1) is 0 Å². The Kier molecular flexibility index (Phi) is 5.51. The molecule has 6 nitrogen and oxygen atoms in total. The summed E-state index contributed by atoms with van der Waals surface area (Å²) in [6, 6.07) is 9.02. The molecular weight excluding hydrogens is 286 g/mol. The normalized spacial score (nSPS) is 24.9. The van der Waals surface area contributed by atoms with E-state index in [-0.39, 0.29) is 18.6 Å². The average molecular weight is 307 g/mol. The van der Waals surface area contributed by atoms with E-state index >= 15 is 0 Å². The van der Waals surface area contributed by atoms with Crippen molar-refractivity contribution < 1.29 is 23.8 Å². The summed E-state index contributed by atoms with van der Waals surface area (Å²) in [5.74, 6) is -1.64. The molecule has 1 amide bonds. The molecule has 1 aromatic carbocycles. The van der Waals surface area contributed by atoms with Crippen molar-refractivity contribution in [1.29, 1.82) is 0 Å². The maximum absolute atomic E-state index is 12.4. The van der Waals surface area contributed by atoms with Gasteiger partial charge in [-0.1, -0.05) is 30.3 Å². The highest BCUT2D eigenvalue weighted by Crippen LogP contribution is 2.28. The third kappa shape index (κ3) is 3.84. The van der Waals surface area contributed by atoms with Gasteiger partial charge in [0.1, 0.15) is 5.92 Å². The van der Waals surface area contributed by atoms with Gasteiger partial charge in [-0.15, -0.1) is 0 Å². The lowest BCUT2D eigenvalue weighted by molar-refractivity contribution is -0.231. The van der Waals surface area contributed by atoms with Gasteiger partial charge in [-0.05, 0) is 26.3 Å². The number of ether oxygens (including phenoxy) is 3. The van der Waals surface area contributed by atoms with Gasteiger partial charge in [0, 0.05) is 0 Å². The number of benzene rings is 1. The van der Waals surface area contributed by atoms with E-state index in [1.807, 2.05) is 32.0 Å². The second-order valence-electron chi connectivity index (χ2n) is 5.22. The first kappa shape index (κ1) is 16.5. The summed E-state index contributed by atoms with van der Waals surface area (Å²) in [5, 5.41) is 2.63. The van der Waals surface area contributed by atoms with Crippen LogP contribution >= 0.6 is 0 Å². The van der Waals surface area contributed by atoms with E-state index in [9.17, 15) is 9.59 Å². The van der Waals surface area contributed by atoms with Crippen LogP contribution < -0.4 is 5.32 Å². The minimum absolute atomic E-state index is 0.151. The quantitative estimate of drug-likeness (QED) is 0.836. The van der Waals surface area contributed by atoms with E-state index in [2.05, 4.69) is 5.32 Å². The van der Waals surface area contributed by atoms with Crippen LogP contribution in [-0.2, 0) is 23.8 Å². The number of hydrogen-bond acceptors (Lipinski definition) is 5. The Hall–Kier alpha value is -1.92. The molecule has 1 fully saturated rings. The number of esters is 1. The minimum atomic E-state index is -1.03. The molecule has 0 radical (unpaired) electrons. The fourth-order valence-corrected chi connectivity index (χ4v) is 2.31. The van der Waals surface area contributed by atoms with Gasteiger partial charge in [0.05, 0.1) is 12.7 Å². The predicted molar refractivity (Wildman–Crippen MR) is 78.8 cm³/mol. The van der Waals surface area contributed by atoms with Crippen LogP contribution in [0.25, 0.3) is 0 Å². The lowest BCUT2D eigenvalue weighted by Crippen LogP contribution is -2.55. The minimum Gasteiger partial charge on any atom is -0.464 e. The molecule has 0 aliphatic carbocycles. The summed E-state index contributed by atoms with van der Waals surface area (Å²) in [4.78, 5) is 24.6. The van der Waals surface area contributed by atoms with E-state index in [1.165, 1.54) is 0 Å². The highest BCUT2D eigenvalue weighted by Gasteiger charge is 2.44. The van der Waals surface area contributed by atoms with Crippen LogP contribution in [0.3, 0.4) is 0 Å². The molecule has 1 N–H and O–H groups in total. The number of carbonyl (C=O) groups excluding carboxylic acids is 2. The molecule has 0 aromatic heterocycles. The lowest BCUT2D eigenvalue weighted by Gasteiger charge is -2.35. The second kappa shape index (κ2) is 7.38. The Labute approximate surface area is 129 Å². The van der Waals surface area contributed by atoms with Gasteiger partial charge in [0.25, 0.3) is 0 Å². The first-order chi connectivity index (χ1) is 10.5. The molecule has 22 heavy (non-hydrogen) atoms. The third-order valence-electron chi connectivity index (χ3n) is 3.19. The van der Waals surface area contributed by atoms with Crippen molar-refractivity contribution in [2.75, 3.05) is 6.61 Å². The Morgan fingerprint density at radius 2 is 2.00 bits per heavy atom. The summed E-state index contributed by atoms with van der Waals surface area (Å²) < 4.78 is 16.1. The van der Waals surface area contributed by atoms with Gasteiger partial charge >= 0.3 is 5.97 Å². The van der Waals surface area contributed by atoms with Crippen molar-refractivity contribution >= 4 is 11.9 Å². The van der Waals surface area contributed by atoms with Crippen LogP contribution in [0.2, 0.25) is 0 Å². The lowest BCUT2D eigenvalue weighted by atomic mass is 9.91. The van der Waals surface area contributed by atoms with E-state index in [0.717, 1.165) is 0 Å². The number of amides is 1. The second-order valence-corrected chi connectivity index (χ2v) is 5.22. The monoisotopic (exact) mass is 307 g/mol. The molecule has 1 aliphatic heterocycles. The first-order valence-electron chi connectivity index (χ1n) is 7.35. The van der Waals surface area contributed by atoms with Crippen LogP contribution in [0.1, 0.15) is 32.3 Å². The van der Waals surface area contributed by atoms with Gasteiger partial charge in [-0.2, -0.15) is 0 Å². The van der Waals surface area contributed by atoms with E-state index in [0.29, 0.717) is 5.56 Å². The molecule has 0 spiro atoms. The van der Waals surface area contributed by atoms with Crippen molar-refractivity contribution in [3.05, 3.63) is 35.9 Å². The zero-order valence-corrected chi connectivity index (χ0v) is 12.9. The molecular formula is C16H21NO5. The standard InChI is InChI=1S/C16H21NO5/c1-4-20-15(19)13-12(11-8-6-5-7-9-11)14(18)17-16(22-13)21-10(2)3/h5-10,12-13,16H,4H2,1-3H3,(H,17,18)/t12-,13-,16+/m1/s1. The molecule has 3 atom stereocenters. The molecule has 1 aromatic rings. The topological polar surface area (TPSA) is 73.9 Å². The highest BCUT2D eigenvalue weighted by atomic mass is 16.7. The van der Waals surface area contributed by atoms with Crippen molar-refractivity contribution in [1.82, 2.24) is 5.32 Å². The third-order valence-corrected chi connectivity index (χ3v) is 3.19. The summed E-state index contributed by atoms with van der Waals surface area (Å²) in [6.45, 7) is 5.56. The fraction of sp³-hybridized carbons (Fsp3) is 0.500. The predicted octanol–water partition coefficient (Wildman–Crippen LogP) is 1.56. The summed E-state index contributed by atoms with van der Waals surface area (Å²) in [6.07, 6.45) is -2.14. The molecule has 120 valence electrons. The first-order valence-corrected chi connectivity index (χ1v) is 7.35. The van der Waals surface area contributed by atoms with Gasteiger partial charge < -0.3 is 19.5 Å². The summed E-state index contributed by atoms with van der Waals surface area (Å²) >= 11 is 0. The Morgan fingerprint density at radius 3 is 2.59 bits per heavy atom. The molecule has 1 heterocycles. The van der Waals surface area contributed by atoms with E-state index < -0.39 is 24.4 Å². The van der Waals surface area contributed by atoms with Crippen molar-refractivity contribution in [2.45, 2.75) is 45.3 Å². The van der Waals surface area contributed by atoms with Gasteiger partial charge in [-0.25, -0.2) is 4.79 Å². The Morgan fingerprint density at radius 1 is 1.32 bits per heavy atom. The molecule has 0 bridgehead atoms. The molecule has 1 saturated heterocycles. The largest absolute Gasteiger partial charge is 0.464 e. The number of rotatable bonds is 5. The summed E-state index contributed by atoms with van der Waals surface area (Å²) in [7, 11) is 0. The smallest absolute Gasteiger partial charge is 0.336 e. The zero-order chi connectivity index (χ0) is 16.1. The SMILES string of the molecule is CCOC(=O)[C@@H]1O[C@H](OC(C)C)NC(=O)[C@@H]1c1ccccc1. The van der Waals surface area contributed by atoms with Crippen LogP contribution in [0.5, 0.6) is 0 Å². The fourth-order valence-electron chi connectivity index (χ4n) is 2.31. The van der Waals surface area contributed by atoms with Gasteiger partial charge in [0.15, 0.2) is 6.10 Å². The Bertz CT molecular complexity index is 517. The van der Waals surface area contributed by atoms with E-state index in [1.54, 1.807) is 19.1 Å². The molecule has 2 rings (SSSR count). The zero-order valence-electron chi connectivity index (χ0n) is 12.9.